The molecule has 2 aromatic rings. The molecular formula is C20H24O6. The van der Waals surface area contributed by atoms with Crippen LogP contribution in [0.2, 0.25) is 0 Å². The molecule has 26 heavy (non-hydrogen) atoms. The molecule has 0 saturated carbocycles. The zero-order valence-corrected chi connectivity index (χ0v) is 15.3. The SMILES string of the molecule is C=C(C)[C@@H](CCC(C)=CCOc1ccc2ccc(=O)oc2c1OC)OO. The maximum Gasteiger partial charge on any atom is 0.336 e. The highest BCUT2D eigenvalue weighted by Gasteiger charge is 2.12. The fourth-order valence-corrected chi connectivity index (χ4v) is 2.52. The van der Waals surface area contributed by atoms with E-state index in [1.165, 1.54) is 13.2 Å². The molecule has 0 aliphatic rings. The smallest absolute Gasteiger partial charge is 0.336 e. The van der Waals surface area contributed by atoms with E-state index in [0.29, 0.717) is 30.1 Å². The maximum absolute atomic E-state index is 11.5. The van der Waals surface area contributed by atoms with Gasteiger partial charge in [-0.25, -0.2) is 9.68 Å². The third kappa shape index (κ3) is 4.97. The van der Waals surface area contributed by atoms with Crippen molar-refractivity contribution in [1.82, 2.24) is 0 Å². The van der Waals surface area contributed by atoms with E-state index in [-0.39, 0.29) is 6.10 Å². The molecule has 0 amide bonds. The number of allylic oxidation sites excluding steroid dienone is 1. The lowest BCUT2D eigenvalue weighted by atomic mass is 10.0. The zero-order chi connectivity index (χ0) is 19.1. The standard InChI is InChI=1S/C20H24O6/c1-13(2)16(26-22)8-5-14(3)11-12-24-17-9-6-15-7-10-18(21)25-19(15)20(17)23-4/h6-7,9-11,16,22H,1,5,8,12H2,2-4H3/t16-/m1/s1. The molecule has 0 aliphatic carbocycles. The van der Waals surface area contributed by atoms with Gasteiger partial charge in [-0.05, 0) is 56.5 Å². The van der Waals surface area contributed by atoms with E-state index in [0.717, 1.165) is 23.0 Å². The zero-order valence-electron chi connectivity index (χ0n) is 15.3. The molecule has 6 nitrogen and oxygen atoms in total. The van der Waals surface area contributed by atoms with Crippen molar-refractivity contribution in [2.75, 3.05) is 13.7 Å². The Labute approximate surface area is 152 Å². The first-order chi connectivity index (χ1) is 12.5. The number of hydrogen-bond acceptors (Lipinski definition) is 6. The van der Waals surface area contributed by atoms with E-state index in [4.69, 9.17) is 19.1 Å². The quantitative estimate of drug-likeness (QED) is 0.310. The van der Waals surface area contributed by atoms with Crippen LogP contribution in [0.15, 0.2) is 57.3 Å². The molecule has 1 N–H and O–H groups in total. The summed E-state index contributed by atoms with van der Waals surface area (Å²) in [7, 11) is 1.50. The van der Waals surface area contributed by atoms with Gasteiger partial charge in [-0.3, -0.25) is 5.26 Å². The lowest BCUT2D eigenvalue weighted by Gasteiger charge is -2.13. The van der Waals surface area contributed by atoms with Crippen molar-refractivity contribution in [3.05, 3.63) is 58.5 Å². The first kappa shape index (κ1) is 19.8. The van der Waals surface area contributed by atoms with Gasteiger partial charge in [0.15, 0.2) is 11.3 Å². The van der Waals surface area contributed by atoms with Crippen molar-refractivity contribution in [2.45, 2.75) is 32.8 Å². The van der Waals surface area contributed by atoms with Crippen LogP contribution in [0.5, 0.6) is 11.5 Å². The first-order valence-electron chi connectivity index (χ1n) is 8.31. The van der Waals surface area contributed by atoms with Crippen molar-refractivity contribution in [1.29, 1.82) is 0 Å². The Bertz CT molecular complexity index is 849. The summed E-state index contributed by atoms with van der Waals surface area (Å²) < 4.78 is 16.4. The molecule has 140 valence electrons. The van der Waals surface area contributed by atoms with Gasteiger partial charge in [-0.15, -0.1) is 0 Å². The van der Waals surface area contributed by atoms with Crippen molar-refractivity contribution in [3.63, 3.8) is 0 Å². The van der Waals surface area contributed by atoms with Gasteiger partial charge < -0.3 is 13.9 Å². The Balaban J connectivity index is 2.05. The first-order valence-corrected chi connectivity index (χ1v) is 8.31. The molecule has 1 atom stereocenters. The Morgan fingerprint density at radius 1 is 1.31 bits per heavy atom. The summed E-state index contributed by atoms with van der Waals surface area (Å²) in [5.41, 5.74) is 1.79. The number of fused-ring (bicyclic) bond motifs is 1. The van der Waals surface area contributed by atoms with Crippen LogP contribution in [-0.4, -0.2) is 25.1 Å². The van der Waals surface area contributed by atoms with Gasteiger partial charge in [0.1, 0.15) is 12.7 Å². The van der Waals surface area contributed by atoms with Crippen LogP contribution in [0.1, 0.15) is 26.7 Å². The number of methoxy groups -OCH3 is 1. The van der Waals surface area contributed by atoms with Crippen LogP contribution >= 0.6 is 0 Å². The van der Waals surface area contributed by atoms with Crippen LogP contribution in [0, 0.1) is 0 Å². The molecule has 0 spiro atoms. The summed E-state index contributed by atoms with van der Waals surface area (Å²) in [5.74, 6) is 0.888. The largest absolute Gasteiger partial charge is 0.490 e. The summed E-state index contributed by atoms with van der Waals surface area (Å²) in [4.78, 5) is 15.9. The summed E-state index contributed by atoms with van der Waals surface area (Å²) in [6.45, 7) is 7.91. The number of ether oxygens (including phenoxy) is 2. The maximum atomic E-state index is 11.5. The molecule has 0 unspecified atom stereocenters. The Kier molecular flexibility index (Phi) is 7.00. The van der Waals surface area contributed by atoms with E-state index in [2.05, 4.69) is 11.5 Å². The molecule has 1 aromatic heterocycles. The fraction of sp³-hybridized carbons (Fsp3) is 0.350. The highest BCUT2D eigenvalue weighted by atomic mass is 17.1. The fourth-order valence-electron chi connectivity index (χ4n) is 2.52. The van der Waals surface area contributed by atoms with E-state index in [1.54, 1.807) is 12.1 Å². The molecule has 1 aromatic carbocycles. The summed E-state index contributed by atoms with van der Waals surface area (Å²) in [6, 6.07) is 6.63. The highest BCUT2D eigenvalue weighted by molar-refractivity contribution is 5.85. The van der Waals surface area contributed by atoms with Crippen molar-refractivity contribution in [3.8, 4) is 11.5 Å². The second-order valence-corrected chi connectivity index (χ2v) is 6.11. The lowest BCUT2D eigenvalue weighted by molar-refractivity contribution is -0.269. The van der Waals surface area contributed by atoms with Gasteiger partial charge in [-0.2, -0.15) is 0 Å². The molecule has 0 bridgehead atoms. The average molecular weight is 360 g/mol. The van der Waals surface area contributed by atoms with E-state index >= 15 is 0 Å². The van der Waals surface area contributed by atoms with Gasteiger partial charge in [-0.1, -0.05) is 12.2 Å². The Morgan fingerprint density at radius 2 is 2.04 bits per heavy atom. The third-order valence-corrected chi connectivity index (χ3v) is 4.06. The molecule has 6 heteroatoms. The number of benzene rings is 1. The van der Waals surface area contributed by atoms with Gasteiger partial charge in [0.05, 0.1) is 7.11 Å². The molecular weight excluding hydrogens is 336 g/mol. The van der Waals surface area contributed by atoms with Gasteiger partial charge in [0.2, 0.25) is 5.75 Å². The van der Waals surface area contributed by atoms with Gasteiger partial charge in [0.25, 0.3) is 0 Å². The number of hydrogen-bond donors (Lipinski definition) is 1. The van der Waals surface area contributed by atoms with Crippen LogP contribution in [0.3, 0.4) is 0 Å². The summed E-state index contributed by atoms with van der Waals surface area (Å²) >= 11 is 0. The molecule has 2 rings (SSSR count). The van der Waals surface area contributed by atoms with Gasteiger partial charge >= 0.3 is 5.63 Å². The van der Waals surface area contributed by atoms with Crippen LogP contribution in [0.25, 0.3) is 11.0 Å². The van der Waals surface area contributed by atoms with Gasteiger partial charge in [0, 0.05) is 11.5 Å². The topological polar surface area (TPSA) is 78.1 Å². The second-order valence-electron chi connectivity index (χ2n) is 6.11. The molecule has 1 heterocycles. The Hall–Kier alpha value is -2.57. The van der Waals surface area contributed by atoms with Crippen molar-refractivity contribution in [2.24, 2.45) is 0 Å². The monoisotopic (exact) mass is 360 g/mol. The second kappa shape index (κ2) is 9.22. The van der Waals surface area contributed by atoms with Crippen molar-refractivity contribution < 1.29 is 24.0 Å². The van der Waals surface area contributed by atoms with E-state index in [1.807, 2.05) is 26.0 Å². The van der Waals surface area contributed by atoms with E-state index in [9.17, 15) is 4.79 Å². The predicted molar refractivity (Wildman–Crippen MR) is 99.8 cm³/mol. The van der Waals surface area contributed by atoms with Crippen LogP contribution < -0.4 is 15.1 Å². The summed E-state index contributed by atoms with van der Waals surface area (Å²) in [6.07, 6.45) is 2.95. The minimum Gasteiger partial charge on any atom is -0.490 e. The molecule has 0 aliphatic heterocycles. The predicted octanol–water partition coefficient (Wildman–Crippen LogP) is 4.34. The minimum atomic E-state index is -0.443. The van der Waals surface area contributed by atoms with E-state index < -0.39 is 5.63 Å². The molecule has 0 fully saturated rings. The molecule has 0 radical (unpaired) electrons. The normalized spacial score (nSPS) is 12.8. The van der Waals surface area contributed by atoms with Crippen LogP contribution in [-0.2, 0) is 4.89 Å². The molecule has 0 saturated heterocycles. The third-order valence-electron chi connectivity index (χ3n) is 4.06. The Morgan fingerprint density at radius 3 is 2.69 bits per heavy atom. The highest BCUT2D eigenvalue weighted by Crippen LogP contribution is 2.34. The average Bonchev–Trinajstić information content (AvgIpc) is 2.61. The summed E-state index contributed by atoms with van der Waals surface area (Å²) in [5, 5.41) is 9.61. The minimum absolute atomic E-state index is 0.336. The van der Waals surface area contributed by atoms with Crippen LogP contribution in [0.4, 0.5) is 0 Å². The number of rotatable bonds is 9. The lowest BCUT2D eigenvalue weighted by Crippen LogP contribution is -2.11. The van der Waals surface area contributed by atoms with Crippen molar-refractivity contribution >= 4 is 11.0 Å².